The van der Waals surface area contributed by atoms with Crippen LogP contribution < -0.4 is 5.32 Å². The second-order valence-corrected chi connectivity index (χ2v) is 5.54. The molecule has 92 valence electrons. The van der Waals surface area contributed by atoms with Gasteiger partial charge in [0.2, 0.25) is 0 Å². The molecule has 0 aliphatic carbocycles. The summed E-state index contributed by atoms with van der Waals surface area (Å²) in [7, 11) is -3.32. The smallest absolute Gasteiger partial charge is 0.179 e. The summed E-state index contributed by atoms with van der Waals surface area (Å²) in [5.41, 5.74) is 0.433. The van der Waals surface area contributed by atoms with Crippen molar-refractivity contribution in [3.05, 3.63) is 29.8 Å². The monoisotopic (exact) mass is 254 g/mol. The van der Waals surface area contributed by atoms with Crippen LogP contribution in [0.5, 0.6) is 0 Å². The number of aliphatic hydroxyl groups excluding tert-OH is 1. The summed E-state index contributed by atoms with van der Waals surface area (Å²) in [5.74, 6) is -0.0289. The Balaban J connectivity index is 2.66. The third kappa shape index (κ3) is 4.15. The fraction of sp³-hybridized carbons (Fsp3) is 0.364. The summed E-state index contributed by atoms with van der Waals surface area (Å²) in [5, 5.41) is 19.9. The van der Waals surface area contributed by atoms with Gasteiger partial charge >= 0.3 is 0 Å². The summed E-state index contributed by atoms with van der Waals surface area (Å²) >= 11 is 0. The Morgan fingerprint density at radius 2 is 1.88 bits per heavy atom. The minimum atomic E-state index is -3.32. The van der Waals surface area contributed by atoms with Crippen LogP contribution in [0.4, 0.5) is 0 Å². The van der Waals surface area contributed by atoms with Crippen LogP contribution in [0.2, 0.25) is 0 Å². The Kier molecular flexibility index (Phi) is 5.10. The number of benzene rings is 1. The van der Waals surface area contributed by atoms with Crippen LogP contribution in [-0.2, 0) is 9.84 Å². The molecule has 0 saturated heterocycles. The molecule has 0 fully saturated rings. The lowest BCUT2D eigenvalue weighted by Crippen LogP contribution is -2.25. The molecule has 0 saturated carbocycles. The molecular formula is C11H14N2O3S. The standard InChI is InChI=1S/C11H14N2O3S/c12-9-10-1-3-11(4-2-10)17(15,16)8-6-13-5-7-14/h1-4,13-14H,5-8H2. The zero-order valence-corrected chi connectivity index (χ0v) is 10.1. The molecule has 5 nitrogen and oxygen atoms in total. The highest BCUT2D eigenvalue weighted by Gasteiger charge is 2.13. The number of nitrogens with one attached hydrogen (secondary N) is 1. The molecule has 0 amide bonds. The average molecular weight is 254 g/mol. The topological polar surface area (TPSA) is 90.2 Å². The van der Waals surface area contributed by atoms with Crippen molar-refractivity contribution in [2.24, 2.45) is 0 Å². The van der Waals surface area contributed by atoms with Gasteiger partial charge in [-0.2, -0.15) is 5.26 Å². The van der Waals surface area contributed by atoms with E-state index < -0.39 is 9.84 Å². The Bertz CT molecular complexity index is 488. The van der Waals surface area contributed by atoms with Gasteiger partial charge in [0, 0.05) is 13.1 Å². The number of nitriles is 1. The van der Waals surface area contributed by atoms with Crippen molar-refractivity contribution in [1.29, 1.82) is 5.26 Å². The average Bonchev–Trinajstić information content (AvgIpc) is 2.35. The first-order valence-corrected chi connectivity index (χ1v) is 6.80. The van der Waals surface area contributed by atoms with E-state index in [1.54, 1.807) is 0 Å². The first kappa shape index (κ1) is 13.6. The SMILES string of the molecule is N#Cc1ccc(S(=O)(=O)CCNCCO)cc1. The molecule has 17 heavy (non-hydrogen) atoms. The van der Waals surface area contributed by atoms with Gasteiger partial charge in [-0.05, 0) is 24.3 Å². The lowest BCUT2D eigenvalue weighted by Gasteiger charge is -2.05. The van der Waals surface area contributed by atoms with Crippen LogP contribution in [0.1, 0.15) is 5.56 Å². The maximum atomic E-state index is 11.8. The number of hydrogen-bond acceptors (Lipinski definition) is 5. The minimum Gasteiger partial charge on any atom is -0.395 e. The van der Waals surface area contributed by atoms with Gasteiger partial charge in [0.25, 0.3) is 0 Å². The van der Waals surface area contributed by atoms with E-state index in [4.69, 9.17) is 10.4 Å². The van der Waals surface area contributed by atoms with Gasteiger partial charge in [-0.15, -0.1) is 0 Å². The lowest BCUT2D eigenvalue weighted by molar-refractivity contribution is 0.293. The van der Waals surface area contributed by atoms with Gasteiger partial charge in [0.05, 0.1) is 28.9 Å². The molecular weight excluding hydrogens is 240 g/mol. The molecule has 1 aromatic carbocycles. The van der Waals surface area contributed by atoms with Crippen LogP contribution in [0.3, 0.4) is 0 Å². The number of rotatable bonds is 6. The third-order valence-electron chi connectivity index (χ3n) is 2.18. The van der Waals surface area contributed by atoms with Crippen LogP contribution in [0.15, 0.2) is 29.2 Å². The predicted molar refractivity (Wildman–Crippen MR) is 63.2 cm³/mol. The first-order chi connectivity index (χ1) is 8.10. The molecule has 0 bridgehead atoms. The van der Waals surface area contributed by atoms with E-state index in [-0.39, 0.29) is 17.3 Å². The highest BCUT2D eigenvalue weighted by molar-refractivity contribution is 7.91. The predicted octanol–water partition coefficient (Wildman–Crippen LogP) is -0.0861. The summed E-state index contributed by atoms with van der Waals surface area (Å²) in [6.07, 6.45) is 0. The molecule has 0 spiro atoms. The van der Waals surface area contributed by atoms with Crippen LogP contribution in [0, 0.1) is 11.3 Å². The highest BCUT2D eigenvalue weighted by Crippen LogP contribution is 2.11. The number of aliphatic hydroxyl groups is 1. The molecule has 1 aromatic rings. The molecule has 2 N–H and O–H groups in total. The van der Waals surface area contributed by atoms with Crippen molar-refractivity contribution in [1.82, 2.24) is 5.32 Å². The minimum absolute atomic E-state index is 0.0170. The molecule has 0 heterocycles. The summed E-state index contributed by atoms with van der Waals surface area (Å²) in [4.78, 5) is 0.210. The third-order valence-corrected chi connectivity index (χ3v) is 3.91. The molecule has 0 aromatic heterocycles. The number of sulfone groups is 1. The normalized spacial score (nSPS) is 11.1. The molecule has 0 atom stereocenters. The van der Waals surface area contributed by atoms with Crippen molar-refractivity contribution in [2.75, 3.05) is 25.4 Å². The molecule has 0 aliphatic heterocycles. The largest absolute Gasteiger partial charge is 0.395 e. The van der Waals surface area contributed by atoms with Gasteiger partial charge in [-0.3, -0.25) is 0 Å². The van der Waals surface area contributed by atoms with Gasteiger partial charge in [-0.1, -0.05) is 0 Å². The number of nitrogens with zero attached hydrogens (tertiary/aromatic N) is 1. The van der Waals surface area contributed by atoms with E-state index in [2.05, 4.69) is 5.32 Å². The van der Waals surface area contributed by atoms with E-state index >= 15 is 0 Å². The van der Waals surface area contributed by atoms with E-state index in [0.717, 1.165) is 0 Å². The van der Waals surface area contributed by atoms with Gasteiger partial charge in [0.15, 0.2) is 9.84 Å². The second kappa shape index (κ2) is 6.35. The fourth-order valence-electron chi connectivity index (χ4n) is 1.27. The Labute approximate surface area is 101 Å². The summed E-state index contributed by atoms with van der Waals surface area (Å²) in [6.45, 7) is 0.655. The van der Waals surface area contributed by atoms with Crippen LogP contribution in [-0.4, -0.2) is 39.0 Å². The highest BCUT2D eigenvalue weighted by atomic mass is 32.2. The zero-order chi connectivity index (χ0) is 12.7. The van der Waals surface area contributed by atoms with E-state index in [0.29, 0.717) is 18.7 Å². The van der Waals surface area contributed by atoms with Crippen molar-refractivity contribution in [3.8, 4) is 6.07 Å². The van der Waals surface area contributed by atoms with Gasteiger partial charge in [0.1, 0.15) is 0 Å². The summed E-state index contributed by atoms with van der Waals surface area (Å²) < 4.78 is 23.6. The Hall–Kier alpha value is -1.42. The molecule has 0 aliphatic rings. The lowest BCUT2D eigenvalue weighted by atomic mass is 10.2. The van der Waals surface area contributed by atoms with Crippen molar-refractivity contribution < 1.29 is 13.5 Å². The van der Waals surface area contributed by atoms with E-state index in [1.165, 1.54) is 24.3 Å². The van der Waals surface area contributed by atoms with Gasteiger partial charge in [-0.25, -0.2) is 8.42 Å². The molecule has 0 unspecified atom stereocenters. The zero-order valence-electron chi connectivity index (χ0n) is 9.26. The van der Waals surface area contributed by atoms with Crippen LogP contribution in [0.25, 0.3) is 0 Å². The molecule has 0 radical (unpaired) electrons. The Morgan fingerprint density at radius 3 is 2.41 bits per heavy atom. The summed E-state index contributed by atoms with van der Waals surface area (Å²) in [6, 6.07) is 7.75. The van der Waals surface area contributed by atoms with Crippen LogP contribution >= 0.6 is 0 Å². The Morgan fingerprint density at radius 1 is 1.24 bits per heavy atom. The maximum absolute atomic E-state index is 11.8. The fourth-order valence-corrected chi connectivity index (χ4v) is 2.46. The van der Waals surface area contributed by atoms with Crippen molar-refractivity contribution in [3.63, 3.8) is 0 Å². The molecule has 6 heteroatoms. The van der Waals surface area contributed by atoms with Crippen molar-refractivity contribution in [2.45, 2.75) is 4.90 Å². The van der Waals surface area contributed by atoms with E-state index in [9.17, 15) is 8.42 Å². The quantitative estimate of drug-likeness (QED) is 0.693. The second-order valence-electron chi connectivity index (χ2n) is 3.43. The molecule has 1 rings (SSSR count). The number of hydrogen-bond donors (Lipinski definition) is 2. The van der Waals surface area contributed by atoms with Gasteiger partial charge < -0.3 is 10.4 Å². The first-order valence-electron chi connectivity index (χ1n) is 5.14. The van der Waals surface area contributed by atoms with E-state index in [1.807, 2.05) is 6.07 Å². The van der Waals surface area contributed by atoms with Crippen molar-refractivity contribution >= 4 is 9.84 Å². The maximum Gasteiger partial charge on any atom is 0.179 e.